The van der Waals surface area contributed by atoms with E-state index in [4.69, 9.17) is 9.84 Å². The minimum Gasteiger partial charge on any atom is -0.490 e. The Kier molecular flexibility index (Phi) is 6.41. The van der Waals surface area contributed by atoms with E-state index in [-0.39, 0.29) is 30.6 Å². The van der Waals surface area contributed by atoms with E-state index in [1.165, 1.54) is 6.08 Å². The minimum absolute atomic E-state index is 0.00379. The first-order valence-electron chi connectivity index (χ1n) is 8.15. The van der Waals surface area contributed by atoms with Crippen molar-refractivity contribution in [2.24, 2.45) is 5.92 Å². The normalized spacial score (nSPS) is 21.5. The number of aliphatic hydroxyl groups excluding tert-OH is 1. The van der Waals surface area contributed by atoms with Crippen LogP contribution in [-0.2, 0) is 4.79 Å². The van der Waals surface area contributed by atoms with Crippen LogP contribution in [0.5, 0.6) is 5.75 Å². The van der Waals surface area contributed by atoms with Gasteiger partial charge < -0.3 is 15.2 Å². The fourth-order valence-electron chi connectivity index (χ4n) is 2.44. The molecule has 0 radical (unpaired) electrons. The van der Waals surface area contributed by atoms with E-state index >= 15 is 0 Å². The van der Waals surface area contributed by atoms with E-state index in [1.54, 1.807) is 6.08 Å². The zero-order valence-corrected chi connectivity index (χ0v) is 13.7. The van der Waals surface area contributed by atoms with Crippen molar-refractivity contribution in [1.29, 1.82) is 0 Å². The van der Waals surface area contributed by atoms with E-state index in [0.29, 0.717) is 0 Å². The molecule has 2 N–H and O–H groups in total. The highest BCUT2D eigenvalue weighted by atomic mass is 16.5. The number of para-hydroxylation sites is 1. The van der Waals surface area contributed by atoms with Crippen molar-refractivity contribution in [2.75, 3.05) is 6.61 Å². The zero-order valence-electron chi connectivity index (χ0n) is 13.7. The van der Waals surface area contributed by atoms with Crippen molar-refractivity contribution in [3.63, 3.8) is 0 Å². The van der Waals surface area contributed by atoms with Gasteiger partial charge in [-0.1, -0.05) is 37.3 Å². The fourth-order valence-corrected chi connectivity index (χ4v) is 2.44. The second-order valence-electron chi connectivity index (χ2n) is 5.89. The summed E-state index contributed by atoms with van der Waals surface area (Å²) in [4.78, 5) is 12.0. The lowest BCUT2D eigenvalue weighted by molar-refractivity contribution is -0.116. The van der Waals surface area contributed by atoms with Gasteiger partial charge in [0, 0.05) is 30.2 Å². The summed E-state index contributed by atoms with van der Waals surface area (Å²) in [5.41, 5.74) is 0.887. The monoisotopic (exact) mass is 315 g/mol. The van der Waals surface area contributed by atoms with Crippen LogP contribution in [-0.4, -0.2) is 29.8 Å². The predicted molar refractivity (Wildman–Crippen MR) is 92.1 cm³/mol. The van der Waals surface area contributed by atoms with Crippen LogP contribution in [0.25, 0.3) is 6.08 Å². The number of nitrogens with one attached hydrogen (secondary N) is 1. The van der Waals surface area contributed by atoms with E-state index in [1.807, 2.05) is 43.3 Å². The summed E-state index contributed by atoms with van der Waals surface area (Å²) in [5, 5.41) is 12.0. The first kappa shape index (κ1) is 17.3. The Bertz CT molecular complexity index is 580. The molecule has 1 amide bonds. The van der Waals surface area contributed by atoms with Crippen LogP contribution in [0.15, 0.2) is 42.5 Å². The maximum atomic E-state index is 12.0. The van der Waals surface area contributed by atoms with Gasteiger partial charge in [-0.05, 0) is 31.9 Å². The molecule has 3 atom stereocenters. The minimum atomic E-state index is -0.142. The first-order chi connectivity index (χ1) is 11.1. The smallest absolute Gasteiger partial charge is 0.244 e. The van der Waals surface area contributed by atoms with Gasteiger partial charge in [-0.2, -0.15) is 0 Å². The van der Waals surface area contributed by atoms with E-state index in [9.17, 15) is 4.79 Å². The van der Waals surface area contributed by atoms with Gasteiger partial charge >= 0.3 is 0 Å². The van der Waals surface area contributed by atoms with E-state index in [2.05, 4.69) is 12.2 Å². The van der Waals surface area contributed by atoms with Crippen molar-refractivity contribution in [3.8, 4) is 5.75 Å². The molecule has 2 rings (SSSR count). The zero-order chi connectivity index (χ0) is 16.7. The largest absolute Gasteiger partial charge is 0.490 e. The molecule has 1 aliphatic rings. The van der Waals surface area contributed by atoms with Crippen LogP contribution >= 0.6 is 0 Å². The molecular formula is C19H25NO3. The van der Waals surface area contributed by atoms with Crippen LogP contribution in [0.2, 0.25) is 0 Å². The number of aliphatic hydroxyl groups is 1. The number of benzene rings is 1. The first-order valence-corrected chi connectivity index (χ1v) is 8.15. The summed E-state index contributed by atoms with van der Waals surface area (Å²) < 4.78 is 5.87. The van der Waals surface area contributed by atoms with Gasteiger partial charge in [-0.25, -0.2) is 0 Å². The summed E-state index contributed by atoms with van der Waals surface area (Å²) in [5.74, 6) is 0.789. The summed E-state index contributed by atoms with van der Waals surface area (Å²) in [6, 6.07) is 7.68. The molecule has 0 heterocycles. The Balaban J connectivity index is 1.94. The topological polar surface area (TPSA) is 58.6 Å². The summed E-state index contributed by atoms with van der Waals surface area (Å²) in [6.07, 6.45) is 9.00. The van der Waals surface area contributed by atoms with E-state index in [0.717, 1.165) is 24.2 Å². The highest BCUT2D eigenvalue weighted by Crippen LogP contribution is 2.21. The maximum absolute atomic E-state index is 12.0. The highest BCUT2D eigenvalue weighted by molar-refractivity contribution is 5.92. The molecule has 4 nitrogen and oxygen atoms in total. The van der Waals surface area contributed by atoms with Crippen LogP contribution < -0.4 is 10.1 Å². The molecular weight excluding hydrogens is 290 g/mol. The van der Waals surface area contributed by atoms with Crippen LogP contribution in [0, 0.1) is 5.92 Å². The third kappa shape index (κ3) is 5.25. The molecule has 0 bridgehead atoms. The molecule has 1 aromatic rings. The molecule has 0 fully saturated rings. The van der Waals surface area contributed by atoms with Gasteiger partial charge in [0.15, 0.2) is 0 Å². The average Bonchev–Trinajstić information content (AvgIpc) is 3.01. The lowest BCUT2D eigenvalue weighted by Crippen LogP contribution is -2.31. The SMILES string of the molecule is CCC(C)Oc1ccccc1/C=C/C(=O)N[C@@H]1C=C[C@H](CO)C1. The highest BCUT2D eigenvalue weighted by Gasteiger charge is 2.18. The Labute approximate surface area is 137 Å². The van der Waals surface area contributed by atoms with Gasteiger partial charge in [0.25, 0.3) is 0 Å². The Morgan fingerprint density at radius 1 is 1.43 bits per heavy atom. The van der Waals surface area contributed by atoms with Gasteiger partial charge in [0.2, 0.25) is 5.91 Å². The van der Waals surface area contributed by atoms with Gasteiger partial charge in [0.1, 0.15) is 5.75 Å². The number of hydrogen-bond donors (Lipinski definition) is 2. The summed E-state index contributed by atoms with van der Waals surface area (Å²) in [6.45, 7) is 4.22. The molecule has 0 spiro atoms. The molecule has 1 aliphatic carbocycles. The number of carbonyl (C=O) groups excluding carboxylic acids is 1. The number of hydrogen-bond acceptors (Lipinski definition) is 3. The molecule has 23 heavy (non-hydrogen) atoms. The maximum Gasteiger partial charge on any atom is 0.244 e. The molecule has 0 saturated heterocycles. The van der Waals surface area contributed by atoms with Crippen LogP contribution in [0.3, 0.4) is 0 Å². The van der Waals surface area contributed by atoms with Crippen LogP contribution in [0.4, 0.5) is 0 Å². The third-order valence-electron chi connectivity index (χ3n) is 3.97. The molecule has 0 aromatic heterocycles. The van der Waals surface area contributed by atoms with Gasteiger partial charge in [-0.3, -0.25) is 4.79 Å². The fraction of sp³-hybridized carbons (Fsp3) is 0.421. The van der Waals surface area contributed by atoms with E-state index < -0.39 is 0 Å². The number of carbonyl (C=O) groups is 1. The second-order valence-corrected chi connectivity index (χ2v) is 5.89. The van der Waals surface area contributed by atoms with Crippen molar-refractivity contribution < 1.29 is 14.6 Å². The molecule has 1 unspecified atom stereocenters. The van der Waals surface area contributed by atoms with Crippen molar-refractivity contribution in [3.05, 3.63) is 48.1 Å². The standard InChI is InChI=1S/C19H25NO3/c1-3-14(2)23-18-7-5-4-6-16(18)9-11-19(22)20-17-10-8-15(12-17)13-21/h4-11,14-15,17,21H,3,12-13H2,1-2H3,(H,20,22)/b11-9+/t14?,15-,17+/m0/s1. The summed E-state index contributed by atoms with van der Waals surface area (Å²) >= 11 is 0. The molecule has 0 saturated carbocycles. The molecule has 1 aromatic carbocycles. The van der Waals surface area contributed by atoms with Crippen molar-refractivity contribution >= 4 is 12.0 Å². The lowest BCUT2D eigenvalue weighted by Gasteiger charge is -2.14. The second kappa shape index (κ2) is 8.53. The lowest BCUT2D eigenvalue weighted by atomic mass is 10.1. The molecule has 0 aliphatic heterocycles. The summed E-state index contributed by atoms with van der Waals surface area (Å²) in [7, 11) is 0. The van der Waals surface area contributed by atoms with Crippen molar-refractivity contribution in [1.82, 2.24) is 5.32 Å². The third-order valence-corrected chi connectivity index (χ3v) is 3.97. The Morgan fingerprint density at radius 3 is 2.91 bits per heavy atom. The van der Waals surface area contributed by atoms with Crippen molar-refractivity contribution in [2.45, 2.75) is 38.8 Å². The molecule has 4 heteroatoms. The molecule has 124 valence electrons. The average molecular weight is 315 g/mol. The van der Waals surface area contributed by atoms with Gasteiger partial charge in [-0.15, -0.1) is 0 Å². The quantitative estimate of drug-likeness (QED) is 0.601. The number of amides is 1. The van der Waals surface area contributed by atoms with Crippen LogP contribution in [0.1, 0.15) is 32.3 Å². The Hall–Kier alpha value is -2.07. The Morgan fingerprint density at radius 2 is 2.22 bits per heavy atom. The number of ether oxygens (including phenoxy) is 1. The number of rotatable bonds is 7. The predicted octanol–water partition coefficient (Wildman–Crippen LogP) is 2.93. The van der Waals surface area contributed by atoms with Gasteiger partial charge in [0.05, 0.1) is 6.10 Å².